The van der Waals surface area contributed by atoms with E-state index in [2.05, 4.69) is 10.3 Å². The zero-order valence-corrected chi connectivity index (χ0v) is 20.4. The van der Waals surface area contributed by atoms with Crippen LogP contribution in [0.3, 0.4) is 0 Å². The van der Waals surface area contributed by atoms with Gasteiger partial charge >= 0.3 is 0 Å². The van der Waals surface area contributed by atoms with Crippen LogP contribution in [-0.4, -0.2) is 51.8 Å². The van der Waals surface area contributed by atoms with E-state index in [1.807, 2.05) is 42.3 Å². The third kappa shape index (κ3) is 6.60. The predicted octanol–water partition coefficient (Wildman–Crippen LogP) is 3.48. The van der Waals surface area contributed by atoms with Crippen LogP contribution < -0.4 is 5.32 Å². The summed E-state index contributed by atoms with van der Waals surface area (Å²) >= 11 is 7.28. The number of nitrogens with one attached hydrogen (secondary N) is 1. The summed E-state index contributed by atoms with van der Waals surface area (Å²) in [6, 6.07) is 11.1. The first kappa shape index (κ1) is 24.2. The zero-order chi connectivity index (χ0) is 19.3. The molecule has 0 fully saturated rings. The van der Waals surface area contributed by atoms with Crippen molar-refractivity contribution in [1.29, 1.82) is 0 Å². The summed E-state index contributed by atoms with van der Waals surface area (Å²) in [5, 5.41) is 3.96. The number of hydrogen-bond donors (Lipinski definition) is 1. The van der Waals surface area contributed by atoms with Crippen LogP contribution >= 0.6 is 46.9 Å². The van der Waals surface area contributed by atoms with Crippen LogP contribution in [0.15, 0.2) is 45.6 Å². The quantitative estimate of drug-likeness (QED) is 0.345. The molecule has 0 spiro atoms. The van der Waals surface area contributed by atoms with Crippen LogP contribution in [0.2, 0.25) is 5.02 Å². The highest BCUT2D eigenvalue weighted by molar-refractivity contribution is 14.0. The lowest BCUT2D eigenvalue weighted by atomic mass is 10.2. The molecule has 0 aliphatic rings. The lowest BCUT2D eigenvalue weighted by Crippen LogP contribution is -2.37. The molecule has 0 aliphatic heterocycles. The minimum absolute atomic E-state index is 0. The summed E-state index contributed by atoms with van der Waals surface area (Å²) in [6.07, 6.45) is 0. The van der Waals surface area contributed by atoms with Gasteiger partial charge in [-0.2, -0.15) is 0 Å². The van der Waals surface area contributed by atoms with Gasteiger partial charge in [0.1, 0.15) is 4.21 Å². The molecule has 10 heteroatoms. The Bertz CT molecular complexity index is 885. The van der Waals surface area contributed by atoms with Crippen molar-refractivity contribution in [1.82, 2.24) is 14.5 Å². The monoisotopic (exact) mass is 542 g/mol. The van der Waals surface area contributed by atoms with Gasteiger partial charge in [0, 0.05) is 44.6 Å². The van der Waals surface area contributed by atoms with Crippen LogP contribution in [0.25, 0.3) is 0 Å². The van der Waals surface area contributed by atoms with Crippen molar-refractivity contribution < 1.29 is 8.42 Å². The SMILES string of the molecule is CN=C(NCc1ccc(S(=O)(=O)N(C)C)s1)N(C)Cc1cccc(Cl)c1.I. The van der Waals surface area contributed by atoms with Crippen molar-refractivity contribution in [2.24, 2.45) is 4.99 Å². The highest BCUT2D eigenvalue weighted by Crippen LogP contribution is 2.23. The molecule has 0 saturated carbocycles. The average Bonchev–Trinajstić information content (AvgIpc) is 3.05. The molecule has 1 aromatic carbocycles. The lowest BCUT2D eigenvalue weighted by Gasteiger charge is -2.22. The molecule has 0 radical (unpaired) electrons. The maximum Gasteiger partial charge on any atom is 0.252 e. The minimum atomic E-state index is -3.39. The van der Waals surface area contributed by atoms with Crippen LogP contribution in [0.4, 0.5) is 0 Å². The van der Waals surface area contributed by atoms with Gasteiger partial charge in [0.15, 0.2) is 5.96 Å². The predicted molar refractivity (Wildman–Crippen MR) is 124 cm³/mol. The molecule has 0 atom stereocenters. The van der Waals surface area contributed by atoms with E-state index < -0.39 is 10.0 Å². The van der Waals surface area contributed by atoms with Gasteiger partial charge in [-0.25, -0.2) is 12.7 Å². The van der Waals surface area contributed by atoms with Gasteiger partial charge in [-0.3, -0.25) is 4.99 Å². The number of guanidine groups is 1. The molecule has 1 N–H and O–H groups in total. The van der Waals surface area contributed by atoms with Crippen molar-refractivity contribution in [3.05, 3.63) is 51.9 Å². The molecule has 0 bridgehead atoms. The van der Waals surface area contributed by atoms with Gasteiger partial charge in [0.2, 0.25) is 0 Å². The topological polar surface area (TPSA) is 65.0 Å². The summed E-state index contributed by atoms with van der Waals surface area (Å²) in [6.45, 7) is 1.16. The Morgan fingerprint density at radius 2 is 1.93 bits per heavy atom. The molecule has 150 valence electrons. The molecule has 27 heavy (non-hydrogen) atoms. The van der Waals surface area contributed by atoms with E-state index in [0.717, 1.165) is 16.4 Å². The van der Waals surface area contributed by atoms with Gasteiger partial charge in [-0.15, -0.1) is 35.3 Å². The Kier molecular flexibility index (Phi) is 9.49. The van der Waals surface area contributed by atoms with E-state index in [-0.39, 0.29) is 24.0 Å². The maximum atomic E-state index is 12.2. The number of nitrogens with zero attached hydrogens (tertiary/aromatic N) is 3. The van der Waals surface area contributed by atoms with Gasteiger partial charge in [-0.05, 0) is 29.8 Å². The number of benzene rings is 1. The standard InChI is InChI=1S/C17H23ClN4O2S2.HI/c1-19-17(22(4)12-13-6-5-7-14(18)10-13)20-11-15-8-9-16(25-15)26(23,24)21(2)3;/h5-10H,11-12H2,1-4H3,(H,19,20);1H. The molecule has 6 nitrogen and oxygen atoms in total. The Balaban J connectivity index is 0.00000364. The second-order valence-electron chi connectivity index (χ2n) is 5.89. The van der Waals surface area contributed by atoms with Crippen LogP contribution in [-0.2, 0) is 23.1 Å². The first-order chi connectivity index (χ1) is 12.2. The Labute approximate surface area is 187 Å². The molecule has 0 aliphatic carbocycles. The van der Waals surface area contributed by atoms with Crippen LogP contribution in [0.5, 0.6) is 0 Å². The molecule has 2 rings (SSSR count). The van der Waals surface area contributed by atoms with Gasteiger partial charge in [0.05, 0.1) is 6.54 Å². The number of rotatable bonds is 6. The maximum absolute atomic E-state index is 12.2. The molecule has 1 heterocycles. The van der Waals surface area contributed by atoms with Gasteiger partial charge < -0.3 is 10.2 Å². The van der Waals surface area contributed by atoms with E-state index >= 15 is 0 Å². The van der Waals surface area contributed by atoms with E-state index in [9.17, 15) is 8.42 Å². The average molecular weight is 543 g/mol. The summed E-state index contributed by atoms with van der Waals surface area (Å²) in [4.78, 5) is 7.18. The van der Waals surface area contributed by atoms with Gasteiger partial charge in [-0.1, -0.05) is 23.7 Å². The molecule has 0 unspecified atom stereocenters. The molecule has 1 aromatic heterocycles. The molecular weight excluding hydrogens is 519 g/mol. The first-order valence-electron chi connectivity index (χ1n) is 7.91. The Morgan fingerprint density at radius 1 is 1.22 bits per heavy atom. The number of aliphatic imine (C=N–C) groups is 1. The fourth-order valence-corrected chi connectivity index (χ4v) is 4.98. The van der Waals surface area contributed by atoms with Crippen LogP contribution in [0.1, 0.15) is 10.4 Å². The number of hydrogen-bond acceptors (Lipinski definition) is 4. The van der Waals surface area contributed by atoms with Crippen molar-refractivity contribution in [3.63, 3.8) is 0 Å². The number of halogens is 2. The summed E-state index contributed by atoms with van der Waals surface area (Å²) in [5.74, 6) is 0.718. The Hall–Kier alpha value is -0.880. The lowest BCUT2D eigenvalue weighted by molar-refractivity contribution is 0.477. The third-order valence-electron chi connectivity index (χ3n) is 3.67. The van der Waals surface area contributed by atoms with E-state index in [0.29, 0.717) is 22.3 Å². The second kappa shape index (κ2) is 10.6. The van der Waals surface area contributed by atoms with Crippen molar-refractivity contribution in [2.75, 3.05) is 28.2 Å². The molecule has 0 amide bonds. The largest absolute Gasteiger partial charge is 0.351 e. The van der Waals surface area contributed by atoms with Crippen LogP contribution in [0, 0.1) is 0 Å². The molecular formula is C17H24ClIN4O2S2. The Morgan fingerprint density at radius 3 is 2.52 bits per heavy atom. The summed E-state index contributed by atoms with van der Waals surface area (Å²) < 4.78 is 25.9. The fraction of sp³-hybridized carbons (Fsp3) is 0.353. The zero-order valence-electron chi connectivity index (χ0n) is 15.6. The molecule has 0 saturated heterocycles. The number of sulfonamides is 1. The van der Waals surface area contributed by atoms with Crippen molar-refractivity contribution in [2.45, 2.75) is 17.3 Å². The highest BCUT2D eigenvalue weighted by Gasteiger charge is 2.19. The number of thiophene rings is 1. The van der Waals surface area contributed by atoms with Crippen molar-refractivity contribution >= 4 is 62.9 Å². The fourth-order valence-electron chi connectivity index (χ4n) is 2.31. The van der Waals surface area contributed by atoms with Gasteiger partial charge in [0.25, 0.3) is 10.0 Å². The molecule has 2 aromatic rings. The summed E-state index contributed by atoms with van der Waals surface area (Å²) in [7, 11) is 3.32. The summed E-state index contributed by atoms with van der Waals surface area (Å²) in [5.41, 5.74) is 1.08. The van der Waals surface area contributed by atoms with E-state index in [1.165, 1.54) is 29.7 Å². The highest BCUT2D eigenvalue weighted by atomic mass is 127. The minimum Gasteiger partial charge on any atom is -0.351 e. The third-order valence-corrected chi connectivity index (χ3v) is 7.28. The van der Waals surface area contributed by atoms with E-state index in [4.69, 9.17) is 11.6 Å². The van der Waals surface area contributed by atoms with E-state index in [1.54, 1.807) is 13.1 Å². The first-order valence-corrected chi connectivity index (χ1v) is 10.5. The smallest absolute Gasteiger partial charge is 0.252 e. The van der Waals surface area contributed by atoms with Crippen molar-refractivity contribution in [3.8, 4) is 0 Å². The second-order valence-corrected chi connectivity index (χ2v) is 9.88. The normalized spacial score (nSPS) is 12.0.